The number of esters is 4. The molecule has 2 aliphatic heterocycles. The number of carbonyl (C=O) groups is 4. The average molecular weight is 523 g/mol. The Morgan fingerprint density at radius 2 is 1.54 bits per heavy atom. The predicted molar refractivity (Wildman–Crippen MR) is 133 cm³/mol. The summed E-state index contributed by atoms with van der Waals surface area (Å²) in [5.41, 5.74) is -1.56. The molecule has 0 aromatic carbocycles. The van der Waals surface area contributed by atoms with E-state index in [1.165, 1.54) is 27.7 Å². The van der Waals surface area contributed by atoms with E-state index in [1.54, 1.807) is 6.92 Å². The molecule has 0 radical (unpaired) electrons. The van der Waals surface area contributed by atoms with Crippen molar-refractivity contribution in [1.82, 2.24) is 0 Å². The van der Waals surface area contributed by atoms with Gasteiger partial charge in [0.1, 0.15) is 23.9 Å². The molecule has 3 rings (SSSR count). The van der Waals surface area contributed by atoms with Crippen molar-refractivity contribution >= 4 is 23.9 Å². The maximum atomic E-state index is 12.4. The van der Waals surface area contributed by atoms with E-state index in [2.05, 4.69) is 20.4 Å². The summed E-state index contributed by atoms with van der Waals surface area (Å²) in [5.74, 6) is -2.17. The van der Waals surface area contributed by atoms with Crippen LogP contribution in [0.5, 0.6) is 0 Å². The minimum atomic E-state index is -1.19. The molecule has 2 bridgehead atoms. The third kappa shape index (κ3) is 5.86. The standard InChI is InChI=1S/C28H42O9/c1-14(2)20-13-23(34-17(5)30)28(9,37-19(7)32)25-22-12-15(3)21(33-16(4)29)10-11-27(8,36-18(6)31)26(35-22)24(20)25/h14,20-26H,3,10-13H2,1-2,4-9H3/t20-,21+,22+,23+,24-,25-,26-,27-,28-/m1/s1. The molecular formula is C28H42O9. The minimum Gasteiger partial charge on any atom is -0.458 e. The molecule has 0 amide bonds. The van der Waals surface area contributed by atoms with Crippen LogP contribution in [0.25, 0.3) is 0 Å². The Kier molecular flexibility index (Phi) is 8.47. The second-order valence-corrected chi connectivity index (χ2v) is 11.6. The number of carbonyl (C=O) groups excluding carboxylic acids is 4. The Hall–Kier alpha value is -2.42. The maximum Gasteiger partial charge on any atom is 0.303 e. The van der Waals surface area contributed by atoms with Crippen molar-refractivity contribution < 1.29 is 42.9 Å². The SMILES string of the molecule is C=C1C[C@@H]2O[C@H]([C@H]3[C@@H]2[C@](C)(OC(C)=O)[C@@H](OC(C)=O)C[C@@H]3C(C)C)[C@](C)(OC(C)=O)CC[C@@H]1OC(C)=O. The van der Waals surface area contributed by atoms with E-state index in [4.69, 9.17) is 23.7 Å². The van der Waals surface area contributed by atoms with Crippen LogP contribution < -0.4 is 0 Å². The van der Waals surface area contributed by atoms with E-state index in [9.17, 15) is 19.2 Å². The smallest absolute Gasteiger partial charge is 0.303 e. The van der Waals surface area contributed by atoms with Gasteiger partial charge in [0, 0.05) is 39.5 Å². The van der Waals surface area contributed by atoms with Gasteiger partial charge in [-0.1, -0.05) is 20.4 Å². The molecule has 1 saturated carbocycles. The highest BCUT2D eigenvalue weighted by Gasteiger charge is 2.67. The summed E-state index contributed by atoms with van der Waals surface area (Å²) < 4.78 is 30.2. The van der Waals surface area contributed by atoms with Crippen molar-refractivity contribution in [3.63, 3.8) is 0 Å². The zero-order valence-corrected chi connectivity index (χ0v) is 23.3. The molecule has 0 spiro atoms. The fraction of sp³-hybridized carbons (Fsp3) is 0.786. The van der Waals surface area contributed by atoms with E-state index < -0.39 is 65.4 Å². The second kappa shape index (κ2) is 10.8. The Morgan fingerprint density at radius 1 is 0.946 bits per heavy atom. The Labute approximate surface area is 219 Å². The average Bonchev–Trinajstić information content (AvgIpc) is 3.13. The first kappa shape index (κ1) is 29.1. The summed E-state index contributed by atoms with van der Waals surface area (Å²) in [6, 6.07) is 0. The molecule has 208 valence electrons. The molecule has 2 saturated heterocycles. The van der Waals surface area contributed by atoms with Crippen molar-refractivity contribution in [3.05, 3.63) is 12.2 Å². The number of ether oxygens (including phenoxy) is 5. The van der Waals surface area contributed by atoms with Crippen molar-refractivity contribution in [2.24, 2.45) is 23.7 Å². The molecule has 3 fully saturated rings. The predicted octanol–water partition coefficient (Wildman–Crippen LogP) is 3.91. The summed E-state index contributed by atoms with van der Waals surface area (Å²) >= 11 is 0. The Morgan fingerprint density at radius 3 is 2.05 bits per heavy atom. The first-order valence-corrected chi connectivity index (χ1v) is 13.2. The summed E-state index contributed by atoms with van der Waals surface area (Å²) in [4.78, 5) is 48.7. The second-order valence-electron chi connectivity index (χ2n) is 11.6. The van der Waals surface area contributed by atoms with Gasteiger partial charge in [-0.05, 0) is 56.9 Å². The van der Waals surface area contributed by atoms with Crippen LogP contribution in [0.15, 0.2) is 12.2 Å². The lowest BCUT2D eigenvalue weighted by Gasteiger charge is -2.53. The number of fused-ring (bicyclic) bond motifs is 5. The van der Waals surface area contributed by atoms with Crippen LogP contribution >= 0.6 is 0 Å². The molecule has 9 heteroatoms. The van der Waals surface area contributed by atoms with Gasteiger partial charge in [0.25, 0.3) is 0 Å². The topological polar surface area (TPSA) is 114 Å². The van der Waals surface area contributed by atoms with Crippen LogP contribution in [0.3, 0.4) is 0 Å². The zero-order chi connectivity index (χ0) is 27.9. The number of hydrogen-bond acceptors (Lipinski definition) is 9. The van der Waals surface area contributed by atoms with Crippen molar-refractivity contribution in [1.29, 1.82) is 0 Å². The highest BCUT2D eigenvalue weighted by molar-refractivity contribution is 5.68. The van der Waals surface area contributed by atoms with Crippen molar-refractivity contribution in [2.75, 3.05) is 0 Å². The molecule has 9 nitrogen and oxygen atoms in total. The van der Waals surface area contributed by atoms with Crippen LogP contribution in [0.4, 0.5) is 0 Å². The summed E-state index contributed by atoms with van der Waals surface area (Å²) in [7, 11) is 0. The zero-order valence-electron chi connectivity index (χ0n) is 23.3. The van der Waals surface area contributed by atoms with Crippen LogP contribution in [0.2, 0.25) is 0 Å². The molecule has 1 aliphatic carbocycles. The van der Waals surface area contributed by atoms with Crippen LogP contribution in [0, 0.1) is 23.7 Å². The summed E-state index contributed by atoms with van der Waals surface area (Å²) in [6.07, 6.45) is -0.659. The first-order chi connectivity index (χ1) is 17.1. The largest absolute Gasteiger partial charge is 0.458 e. The third-order valence-electron chi connectivity index (χ3n) is 8.40. The van der Waals surface area contributed by atoms with Gasteiger partial charge in [-0.25, -0.2) is 0 Å². The lowest BCUT2D eigenvalue weighted by molar-refractivity contribution is -0.216. The lowest BCUT2D eigenvalue weighted by Crippen LogP contribution is -2.63. The Balaban J connectivity index is 2.20. The van der Waals surface area contributed by atoms with Crippen LogP contribution in [-0.2, 0) is 42.9 Å². The van der Waals surface area contributed by atoms with E-state index in [1.807, 2.05) is 6.92 Å². The molecule has 0 aromatic heterocycles. The molecule has 0 aromatic rings. The first-order valence-electron chi connectivity index (χ1n) is 13.2. The van der Waals surface area contributed by atoms with Crippen molar-refractivity contribution in [2.45, 2.75) is 117 Å². The molecule has 3 aliphatic rings. The summed E-state index contributed by atoms with van der Waals surface area (Å²) in [6.45, 7) is 17.5. The normalized spacial score (nSPS) is 39.5. The monoisotopic (exact) mass is 522 g/mol. The molecule has 0 N–H and O–H groups in total. The Bertz CT molecular complexity index is 942. The third-order valence-corrected chi connectivity index (χ3v) is 8.40. The van der Waals surface area contributed by atoms with Gasteiger partial charge in [-0.3, -0.25) is 19.2 Å². The van der Waals surface area contributed by atoms with Gasteiger partial charge >= 0.3 is 23.9 Å². The molecule has 9 atom stereocenters. The highest BCUT2D eigenvalue weighted by Crippen LogP contribution is 2.59. The van der Waals surface area contributed by atoms with Crippen LogP contribution in [0.1, 0.15) is 81.1 Å². The van der Waals surface area contributed by atoms with E-state index in [0.717, 1.165) is 0 Å². The molecular weight excluding hydrogens is 480 g/mol. The number of hydrogen-bond donors (Lipinski definition) is 0. The van der Waals surface area contributed by atoms with Gasteiger partial charge in [0.2, 0.25) is 0 Å². The van der Waals surface area contributed by atoms with Crippen molar-refractivity contribution in [3.8, 4) is 0 Å². The van der Waals surface area contributed by atoms with E-state index in [0.29, 0.717) is 31.3 Å². The molecule has 2 heterocycles. The maximum absolute atomic E-state index is 12.4. The van der Waals surface area contributed by atoms with Gasteiger partial charge < -0.3 is 23.7 Å². The molecule has 0 unspecified atom stereocenters. The van der Waals surface area contributed by atoms with Gasteiger partial charge in [-0.2, -0.15) is 0 Å². The highest BCUT2D eigenvalue weighted by atomic mass is 16.6. The number of rotatable bonds is 5. The van der Waals surface area contributed by atoms with Gasteiger partial charge in [0.15, 0.2) is 5.60 Å². The van der Waals surface area contributed by atoms with E-state index in [-0.39, 0.29) is 17.8 Å². The van der Waals surface area contributed by atoms with E-state index >= 15 is 0 Å². The lowest BCUT2D eigenvalue weighted by atomic mass is 9.56. The van der Waals surface area contributed by atoms with Gasteiger partial charge in [0.05, 0.1) is 6.10 Å². The fourth-order valence-corrected chi connectivity index (χ4v) is 7.08. The quantitative estimate of drug-likeness (QED) is 0.301. The molecule has 37 heavy (non-hydrogen) atoms. The fourth-order valence-electron chi connectivity index (χ4n) is 7.08. The summed E-state index contributed by atoms with van der Waals surface area (Å²) in [5, 5.41) is 0. The minimum absolute atomic E-state index is 0.0276. The van der Waals surface area contributed by atoms with Crippen LogP contribution in [-0.4, -0.2) is 59.5 Å². The van der Waals surface area contributed by atoms with Gasteiger partial charge in [-0.15, -0.1) is 0 Å².